The molecule has 0 amide bonds. The zero-order valence-electron chi connectivity index (χ0n) is 8.88. The largest absolute Gasteiger partial charge is 0.438 e. The fraction of sp³-hybridized carbons (Fsp3) is 0.0833. The van der Waals surface area contributed by atoms with Gasteiger partial charge in [0.2, 0.25) is 5.88 Å². The van der Waals surface area contributed by atoms with Crippen molar-refractivity contribution in [2.24, 2.45) is 0 Å². The van der Waals surface area contributed by atoms with Crippen molar-refractivity contribution in [3.05, 3.63) is 51.3 Å². The number of hydrogen-bond acceptors (Lipinski definition) is 2. The molecule has 2 aromatic rings. The third kappa shape index (κ3) is 2.96. The molecule has 0 saturated heterocycles. The highest BCUT2D eigenvalue weighted by Crippen LogP contribution is 2.29. The predicted molar refractivity (Wildman–Crippen MR) is 68.2 cm³/mol. The summed E-state index contributed by atoms with van der Waals surface area (Å²) in [6.07, 6.45) is 1.69. The van der Waals surface area contributed by atoms with Crippen molar-refractivity contribution in [1.29, 1.82) is 0 Å². The van der Waals surface area contributed by atoms with Crippen molar-refractivity contribution >= 4 is 27.5 Å². The first-order valence-electron chi connectivity index (χ1n) is 4.81. The van der Waals surface area contributed by atoms with Gasteiger partial charge < -0.3 is 4.74 Å². The van der Waals surface area contributed by atoms with Crippen LogP contribution in [0.25, 0.3) is 0 Å². The lowest BCUT2D eigenvalue weighted by atomic mass is 10.3. The van der Waals surface area contributed by atoms with Gasteiger partial charge in [0.1, 0.15) is 11.6 Å². The number of rotatable bonds is 2. The number of pyridine rings is 1. The van der Waals surface area contributed by atoms with Crippen LogP contribution < -0.4 is 4.74 Å². The summed E-state index contributed by atoms with van der Waals surface area (Å²) < 4.78 is 19.2. The predicted octanol–water partition coefficient (Wildman–Crippen LogP) is 4.74. The summed E-state index contributed by atoms with van der Waals surface area (Å²) in [7, 11) is 0. The molecule has 0 unspecified atom stereocenters. The van der Waals surface area contributed by atoms with E-state index >= 15 is 0 Å². The molecule has 17 heavy (non-hydrogen) atoms. The summed E-state index contributed by atoms with van der Waals surface area (Å²) in [5.41, 5.74) is 1.02. The molecule has 5 heteroatoms. The molecule has 0 atom stereocenters. The minimum absolute atomic E-state index is 0.0192. The highest BCUT2D eigenvalue weighted by atomic mass is 79.9. The lowest BCUT2D eigenvalue weighted by Gasteiger charge is -2.07. The van der Waals surface area contributed by atoms with Gasteiger partial charge in [-0.3, -0.25) is 0 Å². The van der Waals surface area contributed by atoms with Gasteiger partial charge in [-0.2, -0.15) is 0 Å². The van der Waals surface area contributed by atoms with Crippen LogP contribution in [0.3, 0.4) is 0 Å². The smallest absolute Gasteiger partial charge is 0.233 e. The summed E-state index contributed by atoms with van der Waals surface area (Å²) in [6, 6.07) is 6.04. The van der Waals surface area contributed by atoms with Gasteiger partial charge in [0.05, 0.1) is 9.50 Å². The van der Waals surface area contributed by atoms with E-state index in [-0.39, 0.29) is 5.02 Å². The molecule has 0 N–H and O–H groups in total. The van der Waals surface area contributed by atoms with E-state index in [1.165, 1.54) is 18.2 Å². The van der Waals surface area contributed by atoms with Crippen molar-refractivity contribution < 1.29 is 9.13 Å². The van der Waals surface area contributed by atoms with Gasteiger partial charge in [0.25, 0.3) is 0 Å². The Balaban J connectivity index is 2.28. The second-order valence-corrected chi connectivity index (χ2v) is 4.74. The molecule has 2 rings (SSSR count). The lowest BCUT2D eigenvalue weighted by molar-refractivity contribution is 0.458. The Hall–Kier alpha value is -1.13. The van der Waals surface area contributed by atoms with E-state index < -0.39 is 5.82 Å². The minimum atomic E-state index is -0.477. The Kier molecular flexibility index (Phi) is 3.64. The second kappa shape index (κ2) is 5.02. The van der Waals surface area contributed by atoms with Gasteiger partial charge in [-0.25, -0.2) is 9.37 Å². The van der Waals surface area contributed by atoms with E-state index in [9.17, 15) is 4.39 Å². The molecule has 0 fully saturated rings. The number of ether oxygens (including phenoxy) is 1. The molecule has 1 aromatic heterocycles. The van der Waals surface area contributed by atoms with Gasteiger partial charge in [-0.05, 0) is 46.6 Å². The van der Waals surface area contributed by atoms with Gasteiger partial charge in [0, 0.05) is 12.3 Å². The fourth-order valence-corrected chi connectivity index (χ4v) is 1.96. The van der Waals surface area contributed by atoms with Crippen LogP contribution in [0.5, 0.6) is 11.6 Å². The third-order valence-electron chi connectivity index (χ3n) is 2.05. The highest BCUT2D eigenvalue weighted by Gasteiger charge is 2.07. The maximum Gasteiger partial charge on any atom is 0.233 e. The number of halogens is 3. The summed E-state index contributed by atoms with van der Waals surface area (Å²) >= 11 is 9.00. The van der Waals surface area contributed by atoms with Crippen molar-refractivity contribution in [2.45, 2.75) is 6.92 Å². The van der Waals surface area contributed by atoms with Gasteiger partial charge in [-0.15, -0.1) is 0 Å². The maximum atomic E-state index is 13.0. The molecular weight excluding hydrogens is 308 g/mol. The van der Waals surface area contributed by atoms with E-state index in [1.54, 1.807) is 6.20 Å². The molecule has 0 saturated carbocycles. The number of aryl methyl sites for hydroxylation is 1. The zero-order chi connectivity index (χ0) is 12.4. The first-order chi connectivity index (χ1) is 8.06. The molecule has 0 aliphatic carbocycles. The monoisotopic (exact) mass is 315 g/mol. The van der Waals surface area contributed by atoms with Crippen LogP contribution in [0.2, 0.25) is 5.02 Å². The molecular formula is C12H8BrClFNO. The average Bonchev–Trinajstić information content (AvgIpc) is 2.27. The maximum absolute atomic E-state index is 13.0. The highest BCUT2D eigenvalue weighted by molar-refractivity contribution is 9.10. The first kappa shape index (κ1) is 12.3. The Morgan fingerprint density at radius 1 is 1.35 bits per heavy atom. The Labute approximate surface area is 112 Å². The third-order valence-corrected chi connectivity index (χ3v) is 2.91. The van der Waals surface area contributed by atoms with Crippen molar-refractivity contribution in [3.63, 3.8) is 0 Å². The molecule has 2 nitrogen and oxygen atoms in total. The van der Waals surface area contributed by atoms with E-state index in [0.717, 1.165) is 10.0 Å². The van der Waals surface area contributed by atoms with Crippen LogP contribution in [0.15, 0.2) is 34.9 Å². The SMILES string of the molecule is Cc1cnc(Oc2ccc(F)c(Cl)c2)c(Br)c1. The standard InChI is InChI=1S/C12H8BrClFNO/c1-7-4-9(13)12(16-6-7)17-8-2-3-11(15)10(14)5-8/h2-6H,1H3. The van der Waals surface area contributed by atoms with Crippen LogP contribution in [0.4, 0.5) is 4.39 Å². The van der Waals surface area contributed by atoms with Crippen LogP contribution in [0.1, 0.15) is 5.56 Å². The molecule has 1 heterocycles. The van der Waals surface area contributed by atoms with Gasteiger partial charge >= 0.3 is 0 Å². The van der Waals surface area contributed by atoms with E-state index in [1.807, 2.05) is 13.0 Å². The Bertz CT molecular complexity index is 562. The topological polar surface area (TPSA) is 22.1 Å². The number of aromatic nitrogens is 1. The number of benzene rings is 1. The van der Waals surface area contributed by atoms with Gasteiger partial charge in [-0.1, -0.05) is 11.6 Å². The minimum Gasteiger partial charge on any atom is -0.438 e. The molecule has 1 aromatic carbocycles. The first-order valence-corrected chi connectivity index (χ1v) is 5.98. The summed E-state index contributed by atoms with van der Waals surface area (Å²) in [5.74, 6) is 0.377. The average molecular weight is 317 g/mol. The number of hydrogen-bond donors (Lipinski definition) is 0. The molecule has 0 radical (unpaired) electrons. The van der Waals surface area contributed by atoms with Crippen molar-refractivity contribution in [1.82, 2.24) is 4.98 Å². The molecule has 0 aliphatic rings. The normalized spacial score (nSPS) is 10.4. The van der Waals surface area contributed by atoms with Gasteiger partial charge in [0.15, 0.2) is 0 Å². The summed E-state index contributed by atoms with van der Waals surface area (Å²) in [5, 5.41) is 0.0192. The van der Waals surface area contributed by atoms with E-state index in [4.69, 9.17) is 16.3 Å². The quantitative estimate of drug-likeness (QED) is 0.798. The summed E-state index contributed by atoms with van der Waals surface area (Å²) in [4.78, 5) is 4.12. The van der Waals surface area contributed by atoms with E-state index in [2.05, 4.69) is 20.9 Å². The molecule has 88 valence electrons. The molecule has 0 bridgehead atoms. The van der Waals surface area contributed by atoms with Crippen LogP contribution in [-0.4, -0.2) is 4.98 Å². The number of nitrogens with zero attached hydrogens (tertiary/aromatic N) is 1. The van der Waals surface area contributed by atoms with Crippen LogP contribution in [-0.2, 0) is 0 Å². The Morgan fingerprint density at radius 3 is 2.76 bits per heavy atom. The Morgan fingerprint density at radius 2 is 2.12 bits per heavy atom. The van der Waals surface area contributed by atoms with Crippen LogP contribution in [0, 0.1) is 12.7 Å². The second-order valence-electron chi connectivity index (χ2n) is 3.48. The van der Waals surface area contributed by atoms with E-state index in [0.29, 0.717) is 11.6 Å². The fourth-order valence-electron chi connectivity index (χ4n) is 1.25. The molecule has 0 aliphatic heterocycles. The summed E-state index contributed by atoms with van der Waals surface area (Å²) in [6.45, 7) is 1.93. The van der Waals surface area contributed by atoms with Crippen LogP contribution >= 0.6 is 27.5 Å². The zero-order valence-corrected chi connectivity index (χ0v) is 11.2. The van der Waals surface area contributed by atoms with Crippen molar-refractivity contribution in [2.75, 3.05) is 0 Å². The molecule has 0 spiro atoms. The van der Waals surface area contributed by atoms with Crippen molar-refractivity contribution in [3.8, 4) is 11.6 Å². The lowest BCUT2D eigenvalue weighted by Crippen LogP contribution is -1.90.